The number of likely N-dealkylation sites (tertiary alicyclic amines) is 1. The maximum atomic E-state index is 6.36. The van der Waals surface area contributed by atoms with Gasteiger partial charge in [0.1, 0.15) is 11.9 Å². The molecule has 0 radical (unpaired) electrons. The first-order chi connectivity index (χ1) is 11.2. The average molecular weight is 329 g/mol. The van der Waals surface area contributed by atoms with Crippen LogP contribution in [0.1, 0.15) is 40.9 Å². The third-order valence-electron chi connectivity index (χ3n) is 5.10. The Balaban J connectivity index is 1.41. The molecule has 0 spiro atoms. The molecule has 2 aliphatic heterocycles. The van der Waals surface area contributed by atoms with E-state index in [1.54, 1.807) is 0 Å². The van der Waals surface area contributed by atoms with Crippen molar-refractivity contribution in [2.45, 2.75) is 45.4 Å². The van der Waals surface area contributed by atoms with E-state index in [0.717, 1.165) is 31.0 Å². The van der Waals surface area contributed by atoms with Gasteiger partial charge in [0.15, 0.2) is 0 Å². The zero-order valence-corrected chi connectivity index (χ0v) is 14.6. The molecule has 4 rings (SSSR count). The van der Waals surface area contributed by atoms with E-state index in [-0.39, 0.29) is 6.10 Å². The van der Waals surface area contributed by atoms with Gasteiger partial charge in [0.25, 0.3) is 0 Å². The topological polar surface area (TPSA) is 38.2 Å². The smallest absolute Gasteiger partial charge is 0.125 e. The molecule has 0 saturated carbocycles. The van der Waals surface area contributed by atoms with Gasteiger partial charge < -0.3 is 4.74 Å². The molecule has 4 heterocycles. The van der Waals surface area contributed by atoms with Crippen LogP contribution in [0.3, 0.4) is 0 Å². The van der Waals surface area contributed by atoms with Gasteiger partial charge in [0.2, 0.25) is 0 Å². The van der Waals surface area contributed by atoms with E-state index in [1.165, 1.54) is 23.4 Å². The van der Waals surface area contributed by atoms with Crippen LogP contribution in [0, 0.1) is 19.8 Å². The zero-order valence-electron chi connectivity index (χ0n) is 13.7. The number of hydrogen-bond acceptors (Lipinski definition) is 5. The Morgan fingerprint density at radius 1 is 1.35 bits per heavy atom. The first-order valence-electron chi connectivity index (χ1n) is 8.39. The Morgan fingerprint density at radius 3 is 3.04 bits per heavy atom. The standard InChI is InChI=1S/C18H23N3OS/c1-12-5-8-23-18(12)11-21-7-4-14-9-16(22-17(14)10-21)15-3-6-19-13(2)20-15/h3,5-6,8,14,16-17H,4,7,9-11H2,1-2H3/t14-,16+,17+/m1/s1. The highest BCUT2D eigenvalue weighted by atomic mass is 32.1. The summed E-state index contributed by atoms with van der Waals surface area (Å²) in [4.78, 5) is 12.8. The van der Waals surface area contributed by atoms with Crippen LogP contribution in [-0.2, 0) is 11.3 Å². The van der Waals surface area contributed by atoms with Crippen molar-refractivity contribution in [2.75, 3.05) is 13.1 Å². The summed E-state index contributed by atoms with van der Waals surface area (Å²) in [6, 6.07) is 4.22. The number of rotatable bonds is 3. The number of ether oxygens (including phenoxy) is 1. The summed E-state index contributed by atoms with van der Waals surface area (Å²) in [5.41, 5.74) is 2.46. The Labute approximate surface area is 141 Å². The highest BCUT2D eigenvalue weighted by molar-refractivity contribution is 7.10. The zero-order chi connectivity index (χ0) is 15.8. The van der Waals surface area contributed by atoms with Gasteiger partial charge in [0.05, 0.1) is 11.8 Å². The number of hydrogen-bond donors (Lipinski definition) is 0. The highest BCUT2D eigenvalue weighted by Crippen LogP contribution is 2.40. The first-order valence-corrected chi connectivity index (χ1v) is 9.27. The van der Waals surface area contributed by atoms with Gasteiger partial charge in [-0.2, -0.15) is 0 Å². The molecule has 5 heteroatoms. The van der Waals surface area contributed by atoms with Crippen LogP contribution in [0.15, 0.2) is 23.7 Å². The molecule has 0 bridgehead atoms. The number of piperidine rings is 1. The molecule has 0 unspecified atom stereocenters. The highest BCUT2D eigenvalue weighted by Gasteiger charge is 2.40. The van der Waals surface area contributed by atoms with Crippen LogP contribution in [0.25, 0.3) is 0 Å². The monoisotopic (exact) mass is 329 g/mol. The molecule has 3 atom stereocenters. The van der Waals surface area contributed by atoms with Crippen LogP contribution in [0.4, 0.5) is 0 Å². The maximum absolute atomic E-state index is 6.36. The van der Waals surface area contributed by atoms with Gasteiger partial charge in [-0.15, -0.1) is 11.3 Å². The SMILES string of the molecule is Cc1nccc([C@@H]2C[C@H]3CCN(Cc4sccc4C)C[C@@H]3O2)n1. The second-order valence-electron chi connectivity index (χ2n) is 6.74. The molecule has 2 aliphatic rings. The number of fused-ring (bicyclic) bond motifs is 1. The molecule has 0 amide bonds. The van der Waals surface area contributed by atoms with Crippen LogP contribution in [0.2, 0.25) is 0 Å². The lowest BCUT2D eigenvalue weighted by atomic mass is 9.91. The van der Waals surface area contributed by atoms with Gasteiger partial charge in [-0.05, 0) is 62.2 Å². The Morgan fingerprint density at radius 2 is 2.26 bits per heavy atom. The molecule has 0 N–H and O–H groups in total. The fraction of sp³-hybridized carbons (Fsp3) is 0.556. The average Bonchev–Trinajstić information content (AvgIpc) is 3.14. The van der Waals surface area contributed by atoms with Crippen LogP contribution in [0.5, 0.6) is 0 Å². The summed E-state index contributed by atoms with van der Waals surface area (Å²) in [6.45, 7) is 7.43. The second-order valence-corrected chi connectivity index (χ2v) is 7.74. The Kier molecular flexibility index (Phi) is 4.18. The van der Waals surface area contributed by atoms with Crippen molar-refractivity contribution in [1.82, 2.24) is 14.9 Å². The first kappa shape index (κ1) is 15.2. The number of aryl methyl sites for hydroxylation is 2. The number of aromatic nitrogens is 2. The minimum absolute atomic E-state index is 0.148. The quantitative estimate of drug-likeness (QED) is 0.864. The van der Waals surface area contributed by atoms with E-state index >= 15 is 0 Å². The fourth-order valence-corrected chi connectivity index (χ4v) is 4.70. The Hall–Kier alpha value is -1.30. The molecular weight excluding hydrogens is 306 g/mol. The molecule has 0 aliphatic carbocycles. The molecular formula is C18H23N3OS. The van der Waals surface area contributed by atoms with Crippen molar-refractivity contribution in [2.24, 2.45) is 5.92 Å². The Bertz CT molecular complexity index is 686. The largest absolute Gasteiger partial charge is 0.367 e. The summed E-state index contributed by atoms with van der Waals surface area (Å²) < 4.78 is 6.36. The molecule has 2 saturated heterocycles. The molecule has 0 aromatic carbocycles. The second kappa shape index (κ2) is 6.30. The summed E-state index contributed by atoms with van der Waals surface area (Å²) in [7, 11) is 0. The fourth-order valence-electron chi connectivity index (χ4n) is 3.75. The van der Waals surface area contributed by atoms with E-state index in [9.17, 15) is 0 Å². The van der Waals surface area contributed by atoms with Crippen molar-refractivity contribution in [3.63, 3.8) is 0 Å². The lowest BCUT2D eigenvalue weighted by Crippen LogP contribution is -2.41. The normalized spacial score (nSPS) is 28.0. The summed E-state index contributed by atoms with van der Waals surface area (Å²) in [5, 5.41) is 2.19. The van der Waals surface area contributed by atoms with Crippen molar-refractivity contribution < 1.29 is 4.74 Å². The molecule has 2 aromatic heterocycles. The number of nitrogens with zero attached hydrogens (tertiary/aromatic N) is 3. The third kappa shape index (κ3) is 3.18. The van der Waals surface area contributed by atoms with Gasteiger partial charge in [-0.25, -0.2) is 9.97 Å². The minimum Gasteiger partial charge on any atom is -0.367 e. The molecule has 122 valence electrons. The van der Waals surface area contributed by atoms with E-state index in [1.807, 2.05) is 30.5 Å². The van der Waals surface area contributed by atoms with Crippen molar-refractivity contribution in [3.05, 3.63) is 45.7 Å². The molecule has 2 fully saturated rings. The number of thiophene rings is 1. The van der Waals surface area contributed by atoms with Crippen LogP contribution < -0.4 is 0 Å². The predicted molar refractivity (Wildman–Crippen MR) is 91.4 cm³/mol. The van der Waals surface area contributed by atoms with Crippen LogP contribution in [-0.4, -0.2) is 34.1 Å². The van der Waals surface area contributed by atoms with Gasteiger partial charge in [-0.1, -0.05) is 0 Å². The van der Waals surface area contributed by atoms with E-state index in [4.69, 9.17) is 4.74 Å². The predicted octanol–water partition coefficient (Wildman–Crippen LogP) is 3.51. The molecule has 23 heavy (non-hydrogen) atoms. The van der Waals surface area contributed by atoms with Gasteiger partial charge >= 0.3 is 0 Å². The van der Waals surface area contributed by atoms with Gasteiger partial charge in [-0.3, -0.25) is 4.90 Å². The van der Waals surface area contributed by atoms with E-state index < -0.39 is 0 Å². The summed E-state index contributed by atoms with van der Waals surface area (Å²) >= 11 is 1.87. The van der Waals surface area contributed by atoms with Crippen molar-refractivity contribution >= 4 is 11.3 Å². The van der Waals surface area contributed by atoms with Gasteiger partial charge in [0, 0.05) is 24.2 Å². The molecule has 2 aromatic rings. The summed E-state index contributed by atoms with van der Waals surface area (Å²) in [6.07, 6.45) is 4.68. The summed E-state index contributed by atoms with van der Waals surface area (Å²) in [5.74, 6) is 1.51. The van der Waals surface area contributed by atoms with Crippen LogP contribution >= 0.6 is 11.3 Å². The van der Waals surface area contributed by atoms with Crippen molar-refractivity contribution in [1.29, 1.82) is 0 Å². The van der Waals surface area contributed by atoms with E-state index in [0.29, 0.717) is 12.0 Å². The minimum atomic E-state index is 0.148. The maximum Gasteiger partial charge on any atom is 0.125 e. The third-order valence-corrected chi connectivity index (χ3v) is 6.11. The van der Waals surface area contributed by atoms with Crippen molar-refractivity contribution in [3.8, 4) is 0 Å². The molecule has 4 nitrogen and oxygen atoms in total. The lowest BCUT2D eigenvalue weighted by Gasteiger charge is -2.33. The van der Waals surface area contributed by atoms with E-state index in [2.05, 4.69) is 33.2 Å². The lowest BCUT2D eigenvalue weighted by molar-refractivity contribution is -0.0105.